The van der Waals surface area contributed by atoms with Crippen molar-refractivity contribution in [3.8, 4) is 5.75 Å². The highest BCUT2D eigenvalue weighted by Crippen LogP contribution is 2.35. The number of benzene rings is 4. The van der Waals surface area contributed by atoms with Crippen molar-refractivity contribution in [2.24, 2.45) is 5.92 Å². The molecule has 0 aliphatic heterocycles. The van der Waals surface area contributed by atoms with Gasteiger partial charge >= 0.3 is 12.3 Å². The first-order chi connectivity index (χ1) is 25.7. The number of rotatable bonds is 13. The number of nitrogens with zero attached hydrogens (tertiary/aromatic N) is 3. The molecule has 1 saturated carbocycles. The average molecular weight is 805 g/mol. The van der Waals surface area contributed by atoms with Crippen LogP contribution in [0.25, 0.3) is 0 Å². The molecule has 2 amide bonds. The van der Waals surface area contributed by atoms with Crippen LogP contribution in [0.1, 0.15) is 78.1 Å². The largest absolute Gasteiger partial charge is 0.488 e. The molecule has 2 N–H and O–H groups in total. The van der Waals surface area contributed by atoms with Crippen LogP contribution in [-0.2, 0) is 19.3 Å². The van der Waals surface area contributed by atoms with Crippen LogP contribution in [0.3, 0.4) is 0 Å². The normalized spacial score (nSPS) is 13.6. The number of aromatic nitrogens is 2. The van der Waals surface area contributed by atoms with E-state index >= 15 is 0 Å². The lowest BCUT2D eigenvalue weighted by Crippen LogP contribution is -2.48. The fourth-order valence-corrected chi connectivity index (χ4v) is 6.28. The van der Waals surface area contributed by atoms with E-state index in [1.54, 1.807) is 39.0 Å². The second-order valence-electron chi connectivity index (χ2n) is 14.2. The molecule has 1 unspecified atom stereocenters. The second kappa shape index (κ2) is 16.5. The van der Waals surface area contributed by atoms with Crippen LogP contribution in [0.5, 0.6) is 5.75 Å². The van der Waals surface area contributed by atoms with E-state index in [0.29, 0.717) is 34.9 Å². The molecule has 1 aromatic heterocycles. The summed E-state index contributed by atoms with van der Waals surface area (Å²) in [4.78, 5) is 34.2. The molecule has 1 aliphatic carbocycles. The Hall–Kier alpha value is -5.14. The minimum absolute atomic E-state index is 0.112. The highest BCUT2D eigenvalue weighted by molar-refractivity contribution is 9.10. The molecule has 0 saturated heterocycles. The summed E-state index contributed by atoms with van der Waals surface area (Å²) >= 11 is 3.67. The Morgan fingerprint density at radius 2 is 1.56 bits per heavy atom. The monoisotopic (exact) mass is 803 g/mol. The van der Waals surface area contributed by atoms with Gasteiger partial charge in [0.2, 0.25) is 0 Å². The number of halogens is 4. The summed E-state index contributed by atoms with van der Waals surface area (Å²) in [7, 11) is 0. The third kappa shape index (κ3) is 10.1. The molecule has 1 aliphatic rings. The Balaban J connectivity index is 1.23. The van der Waals surface area contributed by atoms with Crippen LogP contribution in [0.4, 0.5) is 23.7 Å². The van der Waals surface area contributed by atoms with E-state index in [2.05, 4.69) is 31.7 Å². The first-order valence-electron chi connectivity index (χ1n) is 17.6. The first-order valence-corrected chi connectivity index (χ1v) is 18.4. The number of carbonyl (C=O) groups is 2. The van der Waals surface area contributed by atoms with Gasteiger partial charge in [-0.15, -0.1) is 5.10 Å². The highest BCUT2D eigenvalue weighted by atomic mass is 79.9. The molecule has 1 atom stereocenters. The van der Waals surface area contributed by atoms with Crippen molar-refractivity contribution >= 4 is 33.6 Å². The van der Waals surface area contributed by atoms with E-state index < -0.39 is 35.1 Å². The van der Waals surface area contributed by atoms with E-state index in [9.17, 15) is 22.8 Å². The van der Waals surface area contributed by atoms with Crippen LogP contribution < -0.4 is 20.2 Å². The Morgan fingerprint density at radius 1 is 0.889 bits per heavy atom. The minimum Gasteiger partial charge on any atom is -0.488 e. The van der Waals surface area contributed by atoms with Gasteiger partial charge in [0.25, 0.3) is 5.91 Å². The molecule has 0 bridgehead atoms. The fourth-order valence-electron chi connectivity index (χ4n) is 5.77. The van der Waals surface area contributed by atoms with E-state index in [0.717, 1.165) is 46.1 Å². The van der Waals surface area contributed by atoms with Crippen molar-refractivity contribution < 1.29 is 32.3 Å². The van der Waals surface area contributed by atoms with Crippen molar-refractivity contribution in [2.45, 2.75) is 64.5 Å². The lowest BCUT2D eigenvalue weighted by molar-refractivity contribution is -0.142. The van der Waals surface area contributed by atoms with Crippen molar-refractivity contribution in [2.75, 3.05) is 11.9 Å². The molecule has 9 nitrogen and oxygen atoms in total. The van der Waals surface area contributed by atoms with Crippen LogP contribution in [-0.4, -0.2) is 38.9 Å². The molecule has 1 heterocycles. The van der Waals surface area contributed by atoms with Gasteiger partial charge in [-0.3, -0.25) is 14.5 Å². The fraction of sp³-hybridized carbons (Fsp3) is 0.293. The summed E-state index contributed by atoms with van der Waals surface area (Å²) in [6.07, 6.45) is -3.60. The molecule has 54 heavy (non-hydrogen) atoms. The lowest BCUT2D eigenvalue weighted by Gasteiger charge is -2.34. The molecule has 0 radical (unpaired) electrons. The quantitative estimate of drug-likeness (QED) is 0.123. The van der Waals surface area contributed by atoms with Gasteiger partial charge in [-0.2, -0.15) is 13.2 Å². The van der Waals surface area contributed by atoms with Gasteiger partial charge in [-0.1, -0.05) is 83.7 Å². The predicted molar refractivity (Wildman–Crippen MR) is 203 cm³/mol. The summed E-state index contributed by atoms with van der Waals surface area (Å²) in [5.74, 6) is 0.310. The van der Waals surface area contributed by atoms with Gasteiger partial charge in [0.05, 0.1) is 10.5 Å². The Bertz CT molecular complexity index is 2060. The summed E-state index contributed by atoms with van der Waals surface area (Å²) in [6, 6.07) is 32.2. The number of nitrogens with one attached hydrogen (secondary N) is 2. The van der Waals surface area contributed by atoms with Crippen LogP contribution in [0.2, 0.25) is 0 Å². The van der Waals surface area contributed by atoms with Gasteiger partial charge in [0, 0.05) is 23.8 Å². The third-order valence-corrected chi connectivity index (χ3v) is 9.51. The molecule has 4 aromatic carbocycles. The number of carbonyl (C=O) groups excluding carboxylic acids is 2. The molecule has 1 fully saturated rings. The molecule has 0 spiro atoms. The van der Waals surface area contributed by atoms with Gasteiger partial charge in [-0.05, 0) is 109 Å². The van der Waals surface area contributed by atoms with Crippen molar-refractivity contribution in [1.29, 1.82) is 0 Å². The van der Waals surface area contributed by atoms with E-state index in [1.807, 2.05) is 84.9 Å². The zero-order chi connectivity index (χ0) is 38.5. The smallest absolute Gasteiger partial charge is 0.436 e. The van der Waals surface area contributed by atoms with E-state index in [-0.39, 0.29) is 12.6 Å². The molecule has 5 aromatic rings. The topological polar surface area (TPSA) is 97.7 Å². The van der Waals surface area contributed by atoms with Gasteiger partial charge < -0.3 is 15.4 Å². The molecule has 282 valence electrons. The summed E-state index contributed by atoms with van der Waals surface area (Å²) < 4.78 is 48.5. The summed E-state index contributed by atoms with van der Waals surface area (Å²) in [5, 5.41) is 9.80. The van der Waals surface area contributed by atoms with Crippen molar-refractivity contribution in [3.63, 3.8) is 0 Å². The number of ether oxygens (including phenoxy) is 1. The maximum absolute atomic E-state index is 13.9. The molecular formula is C41H41BrF3N5O4. The van der Waals surface area contributed by atoms with Crippen LogP contribution in [0.15, 0.2) is 114 Å². The number of amides is 2. The Labute approximate surface area is 320 Å². The maximum Gasteiger partial charge on any atom is 0.436 e. The van der Waals surface area contributed by atoms with E-state index in [1.165, 1.54) is 4.90 Å². The van der Waals surface area contributed by atoms with Gasteiger partial charge in [0.15, 0.2) is 11.4 Å². The van der Waals surface area contributed by atoms with Crippen molar-refractivity contribution in [1.82, 2.24) is 20.2 Å². The number of hydrogen-bond donors (Lipinski definition) is 2. The molecule has 13 heteroatoms. The summed E-state index contributed by atoms with van der Waals surface area (Å²) in [6.45, 7) is 6.60. The minimum atomic E-state index is -4.91. The van der Waals surface area contributed by atoms with Gasteiger partial charge in [0.1, 0.15) is 12.4 Å². The zero-order valence-electron chi connectivity index (χ0n) is 30.1. The number of alkyl halides is 3. The lowest BCUT2D eigenvalue weighted by atomic mass is 9.97. The van der Waals surface area contributed by atoms with E-state index in [4.69, 9.17) is 9.57 Å². The third-order valence-electron chi connectivity index (χ3n) is 8.89. The average Bonchev–Trinajstić information content (AvgIpc) is 3.86. The van der Waals surface area contributed by atoms with Crippen LogP contribution in [0, 0.1) is 5.92 Å². The second-order valence-corrected chi connectivity index (χ2v) is 15.1. The molecular weight excluding hydrogens is 763 g/mol. The highest BCUT2D eigenvalue weighted by Gasteiger charge is 2.38. The standard InChI is InChI=1S/C41H41BrF3N5O4/c1-40(2,3)49(25-28-11-6-4-7-12-28)39(52)54-50-34(23-36(48-50)41(43,44)45)38(51)47-32-16-10-15-30(21-32)37(46-24-27-17-18-27)31-19-20-35(33(42)22-31)53-26-29-13-8-5-9-14-29/h4-16,19-23,27,37,46H,17-18,24-26H2,1-3H3,(H,47,51). The first kappa shape index (κ1) is 38.6. The van der Waals surface area contributed by atoms with Gasteiger partial charge in [-0.25, -0.2) is 4.79 Å². The predicted octanol–water partition coefficient (Wildman–Crippen LogP) is 9.43. The number of anilines is 1. The zero-order valence-corrected chi connectivity index (χ0v) is 31.7. The van der Waals surface area contributed by atoms with Crippen LogP contribution >= 0.6 is 15.9 Å². The SMILES string of the molecule is CC(C)(C)N(Cc1ccccc1)C(=O)On1nc(C(F)(F)F)cc1C(=O)Nc1cccc(C(NCC2CC2)c2ccc(OCc3ccccc3)c(Br)c2)c1. The molecule has 6 rings (SSSR count). The number of hydrogen-bond acceptors (Lipinski definition) is 6. The van der Waals surface area contributed by atoms with Crippen molar-refractivity contribution in [3.05, 3.63) is 147 Å². The summed E-state index contributed by atoms with van der Waals surface area (Å²) in [5.41, 5.74) is 1.13. The maximum atomic E-state index is 13.9. The Kier molecular flexibility index (Phi) is 11.8. The Morgan fingerprint density at radius 3 is 2.19 bits per heavy atom.